The second-order valence-corrected chi connectivity index (χ2v) is 29.8. The van der Waals surface area contributed by atoms with Crippen molar-refractivity contribution < 1.29 is 80.2 Å². The van der Waals surface area contributed by atoms with Crippen LogP contribution in [0.25, 0.3) is 0 Å². The molecule has 0 saturated heterocycles. The summed E-state index contributed by atoms with van der Waals surface area (Å²) < 4.78 is 68.6. The molecule has 0 amide bonds. The Labute approximate surface area is 643 Å². The summed E-state index contributed by atoms with van der Waals surface area (Å²) in [5.41, 5.74) is 0. The summed E-state index contributed by atoms with van der Waals surface area (Å²) in [5, 5.41) is 10.7. The van der Waals surface area contributed by atoms with Crippen LogP contribution in [-0.2, 0) is 65.4 Å². The van der Waals surface area contributed by atoms with E-state index in [9.17, 15) is 43.2 Å². The van der Waals surface area contributed by atoms with Gasteiger partial charge in [-0.1, -0.05) is 276 Å². The number of hydrogen-bond donors (Lipinski definition) is 3. The number of aliphatic hydroxyl groups is 1. The normalized spacial score (nSPS) is 14.6. The Morgan fingerprint density at radius 2 is 0.491 bits per heavy atom. The molecule has 0 aliphatic rings. The number of carbonyl (C=O) groups is 4. The van der Waals surface area contributed by atoms with Crippen molar-refractivity contribution in [2.45, 2.75) is 341 Å². The summed E-state index contributed by atoms with van der Waals surface area (Å²) in [7, 11) is -9.99. The van der Waals surface area contributed by atoms with Gasteiger partial charge in [0.25, 0.3) is 0 Å². The van der Waals surface area contributed by atoms with Gasteiger partial charge in [-0.15, -0.1) is 0 Å². The third-order valence-electron chi connectivity index (χ3n) is 16.8. The van der Waals surface area contributed by atoms with Gasteiger partial charge >= 0.3 is 39.5 Å². The molecular formula is C87H146O17P2. The van der Waals surface area contributed by atoms with Gasteiger partial charge in [-0.2, -0.15) is 0 Å². The van der Waals surface area contributed by atoms with Gasteiger partial charge in [0.2, 0.25) is 0 Å². The van der Waals surface area contributed by atoms with Crippen LogP contribution in [0.4, 0.5) is 0 Å². The topological polar surface area (TPSA) is 237 Å². The fourth-order valence-electron chi connectivity index (χ4n) is 10.6. The van der Waals surface area contributed by atoms with Crippen molar-refractivity contribution >= 4 is 39.5 Å². The van der Waals surface area contributed by atoms with Gasteiger partial charge < -0.3 is 33.8 Å². The number of carbonyl (C=O) groups excluding carboxylic acids is 4. The van der Waals surface area contributed by atoms with E-state index in [4.69, 9.17) is 37.0 Å². The van der Waals surface area contributed by atoms with Gasteiger partial charge in [0.05, 0.1) is 26.4 Å². The maximum absolute atomic E-state index is 13.1. The number of aliphatic hydroxyl groups excluding tert-OH is 1. The molecule has 19 heteroatoms. The Hall–Kier alpha value is -5.06. The third kappa shape index (κ3) is 77.1. The average molecular weight is 1530 g/mol. The van der Waals surface area contributed by atoms with Gasteiger partial charge in [0, 0.05) is 25.7 Å². The average Bonchev–Trinajstić information content (AvgIpc) is 0.903. The molecule has 0 saturated carbocycles. The molecule has 0 fully saturated rings. The van der Waals surface area contributed by atoms with Gasteiger partial charge in [0.15, 0.2) is 12.2 Å². The molecule has 17 nitrogen and oxygen atoms in total. The molecule has 0 aromatic heterocycles. The zero-order chi connectivity index (χ0) is 77.4. The quantitative estimate of drug-likeness (QED) is 0.0169. The Kier molecular flexibility index (Phi) is 74.3. The first-order valence-corrected chi connectivity index (χ1v) is 44.1. The van der Waals surface area contributed by atoms with Gasteiger partial charge in [-0.05, 0) is 167 Å². The van der Waals surface area contributed by atoms with Crippen LogP contribution in [0.1, 0.15) is 323 Å². The molecule has 5 unspecified atom stereocenters. The molecule has 0 aromatic rings. The number of allylic oxidation sites excluding steroid dienone is 24. The van der Waals surface area contributed by atoms with E-state index in [1.807, 2.05) is 0 Å². The molecule has 0 aromatic carbocycles. The van der Waals surface area contributed by atoms with E-state index in [1.165, 1.54) is 44.9 Å². The lowest BCUT2D eigenvalue weighted by atomic mass is 10.1. The summed E-state index contributed by atoms with van der Waals surface area (Å²) in [6, 6.07) is 0. The monoisotopic (exact) mass is 1530 g/mol. The first-order chi connectivity index (χ1) is 51.7. The van der Waals surface area contributed by atoms with Crippen LogP contribution in [0, 0.1) is 0 Å². The second kappa shape index (κ2) is 78.1. The summed E-state index contributed by atoms with van der Waals surface area (Å²) in [4.78, 5) is 73.1. The van der Waals surface area contributed by atoms with Crippen molar-refractivity contribution in [2.24, 2.45) is 0 Å². The number of unbranched alkanes of at least 4 members (excludes halogenated alkanes) is 26. The van der Waals surface area contributed by atoms with E-state index in [-0.39, 0.29) is 25.7 Å². The number of phosphoric acid groups is 2. The maximum atomic E-state index is 13.1. The molecule has 5 atom stereocenters. The van der Waals surface area contributed by atoms with Crippen LogP contribution in [0.3, 0.4) is 0 Å². The van der Waals surface area contributed by atoms with Crippen molar-refractivity contribution in [1.29, 1.82) is 0 Å². The zero-order valence-electron chi connectivity index (χ0n) is 66.3. The minimum Gasteiger partial charge on any atom is -0.462 e. The first-order valence-electron chi connectivity index (χ1n) is 41.1. The highest BCUT2D eigenvalue weighted by Crippen LogP contribution is 2.45. The minimum atomic E-state index is -5.00. The second-order valence-electron chi connectivity index (χ2n) is 26.9. The Morgan fingerprint density at radius 3 is 0.792 bits per heavy atom. The lowest BCUT2D eigenvalue weighted by Gasteiger charge is -2.21. The number of rotatable bonds is 76. The largest absolute Gasteiger partial charge is 0.472 e. The van der Waals surface area contributed by atoms with Crippen LogP contribution in [-0.4, -0.2) is 96.7 Å². The number of hydrogen-bond acceptors (Lipinski definition) is 15. The molecule has 606 valence electrons. The highest BCUT2D eigenvalue weighted by atomic mass is 31.2. The lowest BCUT2D eigenvalue weighted by molar-refractivity contribution is -0.161. The maximum Gasteiger partial charge on any atom is 0.472 e. The Morgan fingerprint density at radius 1 is 0.274 bits per heavy atom. The molecule has 106 heavy (non-hydrogen) atoms. The molecule has 0 radical (unpaired) electrons. The predicted molar refractivity (Wildman–Crippen MR) is 436 cm³/mol. The van der Waals surface area contributed by atoms with E-state index in [0.717, 1.165) is 199 Å². The van der Waals surface area contributed by atoms with Crippen LogP contribution in [0.2, 0.25) is 0 Å². The van der Waals surface area contributed by atoms with Crippen LogP contribution in [0.5, 0.6) is 0 Å². The Balaban J connectivity index is 5.43. The van der Waals surface area contributed by atoms with E-state index in [2.05, 4.69) is 174 Å². The van der Waals surface area contributed by atoms with Crippen molar-refractivity contribution in [3.63, 3.8) is 0 Å². The fraction of sp³-hybridized carbons (Fsp3) is 0.678. The molecule has 0 aliphatic carbocycles. The lowest BCUT2D eigenvalue weighted by Crippen LogP contribution is -2.30. The Bertz CT molecular complexity index is 2580. The highest BCUT2D eigenvalue weighted by molar-refractivity contribution is 7.47. The highest BCUT2D eigenvalue weighted by Gasteiger charge is 2.30. The van der Waals surface area contributed by atoms with Crippen molar-refractivity contribution in [3.05, 3.63) is 146 Å². The molecule has 0 heterocycles. The summed E-state index contributed by atoms with van der Waals surface area (Å²) >= 11 is 0. The van der Waals surface area contributed by atoms with Crippen molar-refractivity contribution in [2.75, 3.05) is 39.6 Å². The number of ether oxygens (including phenoxy) is 4. The fourth-order valence-corrected chi connectivity index (χ4v) is 12.1. The molecular weight excluding hydrogens is 1380 g/mol. The molecule has 0 rings (SSSR count). The van der Waals surface area contributed by atoms with Crippen LogP contribution in [0.15, 0.2) is 146 Å². The molecule has 0 bridgehead atoms. The zero-order valence-corrected chi connectivity index (χ0v) is 68.1. The van der Waals surface area contributed by atoms with Gasteiger partial charge in [0.1, 0.15) is 19.3 Å². The third-order valence-corrected chi connectivity index (χ3v) is 18.7. The van der Waals surface area contributed by atoms with E-state index < -0.39 is 97.5 Å². The van der Waals surface area contributed by atoms with Crippen LogP contribution < -0.4 is 0 Å². The van der Waals surface area contributed by atoms with Gasteiger partial charge in [-0.25, -0.2) is 9.13 Å². The molecule has 0 spiro atoms. The predicted octanol–water partition coefficient (Wildman–Crippen LogP) is 24.2. The summed E-state index contributed by atoms with van der Waals surface area (Å²) in [6.07, 6.45) is 89.6. The standard InChI is InChI=1S/C87H146O17P2/c1-5-9-13-17-21-25-29-33-36-38-40-42-45-49-52-56-60-64-68-72-85(90)98-78-83(104-87(92)74-70-66-62-58-54-50-46-43-41-39-37-34-30-26-22-18-14-10-6-2)80-102-106(95,96)100-76-81(88)75-99-105(93,94)101-79-82(103-86(91)73-69-65-61-57-53-47-32-28-24-20-16-12-8-4)77-97-84(89)71-67-63-59-55-51-48-44-35-31-27-23-19-15-11-7-3/h9,11,13,15,21-23,25-28,32-37,40-44,49,52,81-83,88H,5-8,10,12,14,16-20,24,29-31,38-39,45-48,50-51,53-80H2,1-4H3,(H,93,94)(H,95,96)/b13-9-,15-11-,25-21-,26-22-,27-23-,32-28-,36-33-,37-34-,42-40-,43-41-,44-35-,52-49-. The molecule has 3 N–H and O–H groups in total. The van der Waals surface area contributed by atoms with E-state index in [0.29, 0.717) is 25.7 Å². The van der Waals surface area contributed by atoms with Crippen LogP contribution >= 0.6 is 15.6 Å². The van der Waals surface area contributed by atoms with E-state index >= 15 is 0 Å². The summed E-state index contributed by atoms with van der Waals surface area (Å²) in [6.45, 7) is 4.54. The SMILES string of the molecule is CC/C=C\C/C=C\C/C=C\C/C=C\C/C=C\CCCCCC(=O)OCC(COP(=O)(O)OCC(O)COP(=O)(O)OCC(COC(=O)CCCCCCC/C=C\C/C=C\C/C=C\CC)OC(=O)CCCCCCC/C=C\CCCCCC)OC(=O)CCCCCCCC/C=C\C/C=C\C/C=C\CCCCC. The van der Waals surface area contributed by atoms with Gasteiger partial charge in [-0.3, -0.25) is 37.3 Å². The number of phosphoric ester groups is 2. The van der Waals surface area contributed by atoms with Crippen molar-refractivity contribution in [1.82, 2.24) is 0 Å². The smallest absolute Gasteiger partial charge is 0.462 e. The van der Waals surface area contributed by atoms with Crippen molar-refractivity contribution in [3.8, 4) is 0 Å². The molecule has 0 aliphatic heterocycles. The van der Waals surface area contributed by atoms with E-state index in [1.54, 1.807) is 0 Å². The summed E-state index contributed by atoms with van der Waals surface area (Å²) in [5.74, 6) is -2.25. The first kappa shape index (κ1) is 101. The number of esters is 4. The minimum absolute atomic E-state index is 0.0682.